The summed E-state index contributed by atoms with van der Waals surface area (Å²) in [5.41, 5.74) is 2.58. The molecule has 4 aromatic rings. The number of phenols is 1. The van der Waals surface area contributed by atoms with Crippen LogP contribution in [0.4, 0.5) is 28.4 Å². The summed E-state index contributed by atoms with van der Waals surface area (Å²) >= 11 is 0.00190. The zero-order valence-electron chi connectivity index (χ0n) is 33.8. The average Bonchev–Trinajstić information content (AvgIpc) is 3.14. The first-order valence-corrected chi connectivity index (χ1v) is 23.8. The van der Waals surface area contributed by atoms with E-state index in [0.29, 0.717) is 12.1 Å². The zero-order chi connectivity index (χ0) is 44.7. The van der Waals surface area contributed by atoms with Crippen LogP contribution < -0.4 is 164 Å². The summed E-state index contributed by atoms with van der Waals surface area (Å²) in [6.07, 6.45) is 0. The first kappa shape index (κ1) is 71.2. The molecule has 0 aromatic heterocycles. The molecule has 336 valence electrons. The van der Waals surface area contributed by atoms with Crippen LogP contribution in [0.5, 0.6) is 5.75 Å². The molecule has 0 aliphatic rings. The van der Waals surface area contributed by atoms with Crippen molar-refractivity contribution in [2.24, 2.45) is 20.5 Å². The van der Waals surface area contributed by atoms with Gasteiger partial charge >= 0.3 is 148 Å². The van der Waals surface area contributed by atoms with Gasteiger partial charge in [0, 0.05) is 0 Å². The fraction of sp³-hybridized carbons (Fsp3) is 0.185. The van der Waals surface area contributed by atoms with Crippen molar-refractivity contribution in [3.05, 3.63) is 54.6 Å². The number of azo groups is 2. The number of fused-ring (bicyclic) bond motifs is 1. The molecule has 0 fully saturated rings. The van der Waals surface area contributed by atoms with Crippen molar-refractivity contribution < 1.29 is 246 Å². The summed E-state index contributed by atoms with van der Waals surface area (Å²) in [6, 6.07) is 7.75. The first-order valence-electron chi connectivity index (χ1n) is 14.9. The molecule has 0 spiro atoms. The zero-order valence-corrected chi connectivity index (χ0v) is 49.5. The summed E-state index contributed by atoms with van der Waals surface area (Å²) in [5, 5.41) is 52.0. The van der Waals surface area contributed by atoms with E-state index in [0.717, 1.165) is 42.5 Å². The second-order valence-electron chi connectivity index (χ2n) is 10.9. The largest absolute Gasteiger partial charge is 1.00 e. The van der Waals surface area contributed by atoms with Crippen molar-refractivity contribution in [1.29, 1.82) is 0 Å². The van der Waals surface area contributed by atoms with E-state index in [1.807, 2.05) is 0 Å². The molecule has 27 nitrogen and oxygen atoms in total. The van der Waals surface area contributed by atoms with Crippen LogP contribution in [0.25, 0.3) is 10.8 Å². The maximum absolute atomic E-state index is 12.7. The number of benzene rings is 4. The monoisotopic (exact) mass is 1110 g/mol. The molecule has 0 saturated heterocycles. The van der Waals surface area contributed by atoms with Gasteiger partial charge in [0.1, 0.15) is 37.3 Å². The van der Waals surface area contributed by atoms with E-state index < -0.39 is 133 Å². The maximum atomic E-state index is 12.7. The first-order chi connectivity index (χ1) is 27.9. The van der Waals surface area contributed by atoms with Crippen molar-refractivity contribution >= 4 is 114 Å². The molecule has 0 aliphatic carbocycles. The summed E-state index contributed by atoms with van der Waals surface area (Å²) in [7, 11) is -25.0. The number of phenolic OH excluding ortho intramolecular Hbond substituents is 1. The predicted octanol–water partition coefficient (Wildman–Crippen LogP) is -13.5. The number of hydrogen-bond acceptors (Lipinski definition) is 29. The van der Waals surface area contributed by atoms with Crippen molar-refractivity contribution in [3.8, 4) is 5.75 Å². The Bertz CT molecular complexity index is 2920. The van der Waals surface area contributed by atoms with Crippen molar-refractivity contribution in [3.63, 3.8) is 0 Å². The molecule has 0 heterocycles. The fourth-order valence-corrected chi connectivity index (χ4v) is 9.44. The van der Waals surface area contributed by atoms with Gasteiger partial charge in [-0.25, -0.2) is 42.1 Å². The van der Waals surface area contributed by atoms with Gasteiger partial charge in [-0.15, -0.1) is 19.7 Å². The van der Waals surface area contributed by atoms with E-state index >= 15 is 0 Å². The minimum Gasteiger partial charge on any atom is -0.744 e. The van der Waals surface area contributed by atoms with E-state index in [4.69, 9.17) is 5.73 Å². The van der Waals surface area contributed by atoms with Crippen LogP contribution in [0.15, 0.2) is 99.5 Å². The standard InChI is InChI=1S/C26H25N5O22S7.CH4.5Na/c27-23-22-14(11-21(59(42,43)44)25(23)31-28-15-2-1-3-16(12-15)57(37,38)9-7-49-60(45,46)47)10-19(54-52-50-33)24(26(22)32)30-29-18-5-4-17(13-20(18)58(39,40)41)56(35,36)8-6-48-55-53-51-34;;;;;;/h1-5,10-13,32-34H,6-9,27H2,(H,39,40,41)(H,42,43,44)(H,45,46,47);1H4;;;;;/q;;5*+1/p-5. The fourth-order valence-electron chi connectivity index (χ4n) is 4.63. The van der Waals surface area contributed by atoms with Crippen LogP contribution in [-0.2, 0) is 77.4 Å². The number of nitrogen functional groups attached to an aromatic ring is 1. The summed E-state index contributed by atoms with van der Waals surface area (Å²) in [6.45, 7) is -1.65. The number of hydrogen-bond donors (Lipinski definition) is 2. The minimum absolute atomic E-state index is 0. The Morgan fingerprint density at radius 1 is 0.652 bits per heavy atom. The molecule has 0 unspecified atom stereocenters. The molecule has 0 saturated carbocycles. The van der Waals surface area contributed by atoms with E-state index in [2.05, 4.69) is 47.6 Å². The molecule has 3 N–H and O–H groups in total. The van der Waals surface area contributed by atoms with Gasteiger partial charge in [-0.2, -0.15) is 9.45 Å². The quantitative estimate of drug-likeness (QED) is 0.00900. The SMILES string of the molecule is C.Nc1c(N=Nc2cccc(S(=O)(=O)CCOS(=O)(=O)[O-])c2)c(S(=O)(=O)[O-])cc2cc(SOO[O-])c(N=Nc3ccc(S(=O)(=O)CCOSOO[O-])cc3S(=O)(=O)[O-])c(O)c12.[Na+].[Na+].[Na+].[Na+].[Na+]. The Labute approximate surface area is 495 Å². The van der Waals surface area contributed by atoms with Crippen molar-refractivity contribution in [1.82, 2.24) is 0 Å². The van der Waals surface area contributed by atoms with Gasteiger partial charge in [0.25, 0.3) is 0 Å². The topological polar surface area (TPSA) is 437 Å². The summed E-state index contributed by atoms with van der Waals surface area (Å²) in [5.74, 6) is -2.86. The molecule has 0 amide bonds. The van der Waals surface area contributed by atoms with Crippen LogP contribution in [0.1, 0.15) is 7.43 Å². The van der Waals surface area contributed by atoms with Crippen LogP contribution in [0.3, 0.4) is 0 Å². The Hall–Kier alpha value is 0.950. The molecule has 66 heavy (non-hydrogen) atoms. The Balaban J connectivity index is -0.00000661. The Morgan fingerprint density at radius 2 is 1.21 bits per heavy atom. The number of sulfone groups is 2. The normalized spacial score (nSPS) is 12.0. The number of aromatic hydroxyl groups is 1. The van der Waals surface area contributed by atoms with Crippen molar-refractivity contribution in [2.75, 3.05) is 30.5 Å². The molecule has 39 heteroatoms. The molecule has 0 aliphatic heterocycles. The number of rotatable bonds is 21. The number of nitrogens with zero attached hydrogens (tertiary/aromatic N) is 4. The van der Waals surface area contributed by atoms with Gasteiger partial charge in [0.15, 0.2) is 37.7 Å². The van der Waals surface area contributed by atoms with Gasteiger partial charge in [-0.05, 0) is 53.9 Å². The van der Waals surface area contributed by atoms with E-state index in [1.165, 1.54) is 0 Å². The van der Waals surface area contributed by atoms with Gasteiger partial charge in [0.2, 0.25) is 10.4 Å². The van der Waals surface area contributed by atoms with Gasteiger partial charge < -0.3 is 35.0 Å². The van der Waals surface area contributed by atoms with Crippen molar-refractivity contribution in [2.45, 2.75) is 31.9 Å². The average molecular weight is 1110 g/mol. The van der Waals surface area contributed by atoms with Gasteiger partial charge in [-0.1, -0.05) is 13.5 Å². The smallest absolute Gasteiger partial charge is 0.744 e. The van der Waals surface area contributed by atoms with Crippen LogP contribution in [0.2, 0.25) is 0 Å². The molecule has 0 radical (unpaired) electrons. The van der Waals surface area contributed by atoms with E-state index in [-0.39, 0.29) is 191 Å². The van der Waals surface area contributed by atoms with Gasteiger partial charge in [0.05, 0.1) is 78.0 Å². The van der Waals surface area contributed by atoms with Gasteiger partial charge in [-0.3, -0.25) is 18.4 Å². The molecule has 4 rings (SSSR count). The van der Waals surface area contributed by atoms with Crippen LogP contribution in [-0.4, -0.2) is 85.6 Å². The van der Waals surface area contributed by atoms with Crippen LogP contribution >= 0.6 is 24.4 Å². The third kappa shape index (κ3) is 20.5. The van der Waals surface area contributed by atoms with Crippen LogP contribution in [0, 0.1) is 0 Å². The maximum Gasteiger partial charge on any atom is 1.00 e. The third-order valence-corrected chi connectivity index (χ3v) is 13.6. The minimum atomic E-state index is -5.53. The molecule has 0 bridgehead atoms. The Kier molecular flexibility index (Phi) is 33.3. The predicted molar refractivity (Wildman–Crippen MR) is 197 cm³/mol. The third-order valence-electron chi connectivity index (χ3n) is 7.11. The number of nitrogens with two attached hydrogens (primary N) is 1. The molecule has 0 atom stereocenters. The second-order valence-corrected chi connectivity index (χ2v) is 20.1. The summed E-state index contributed by atoms with van der Waals surface area (Å²) < 4.78 is 173. The summed E-state index contributed by atoms with van der Waals surface area (Å²) in [4.78, 5) is -4.08. The molecular weight excluding hydrogens is 1090 g/mol. The molecule has 4 aromatic carbocycles. The second kappa shape index (κ2) is 30.9. The molecular formula is C27H24N5Na5O22S7. The number of anilines is 1. The van der Waals surface area contributed by atoms with E-state index in [9.17, 15) is 71.4 Å². The van der Waals surface area contributed by atoms with E-state index in [1.54, 1.807) is 0 Å². The Morgan fingerprint density at radius 3 is 1.77 bits per heavy atom.